The molecule has 0 fully saturated rings. The summed E-state index contributed by atoms with van der Waals surface area (Å²) in [6, 6.07) is 10.3. The minimum atomic E-state index is -0.657. The van der Waals surface area contributed by atoms with Gasteiger partial charge in [-0.15, -0.1) is 0 Å². The Morgan fingerprint density at radius 1 is 1.04 bits per heavy atom. The van der Waals surface area contributed by atoms with Crippen LogP contribution in [0.15, 0.2) is 53.7 Å². The molecule has 2 aromatic carbocycles. The van der Waals surface area contributed by atoms with Gasteiger partial charge in [0.05, 0.1) is 11.6 Å². The van der Waals surface area contributed by atoms with E-state index in [1.54, 1.807) is 19.1 Å². The molecule has 0 saturated heterocycles. The smallest absolute Gasteiger partial charge is 0.319 e. The van der Waals surface area contributed by atoms with Gasteiger partial charge >= 0.3 is 6.03 Å². The van der Waals surface area contributed by atoms with E-state index in [1.807, 2.05) is 32.0 Å². The van der Waals surface area contributed by atoms with E-state index in [-0.39, 0.29) is 11.7 Å². The first kappa shape index (κ1) is 17.7. The van der Waals surface area contributed by atoms with Crippen LogP contribution >= 0.6 is 0 Å². The molecule has 5 nitrogen and oxygen atoms in total. The second-order valence-electron chi connectivity index (χ2n) is 6.37. The third-order valence-electron chi connectivity index (χ3n) is 4.48. The molecule has 3 amide bonds. The normalized spacial score (nSPS) is 16.8. The molecule has 2 aromatic rings. The Kier molecular flexibility index (Phi) is 4.75. The predicted octanol–water partition coefficient (Wildman–Crippen LogP) is 3.71. The third kappa shape index (κ3) is 3.59. The summed E-state index contributed by atoms with van der Waals surface area (Å²) in [5, 5.41) is 8.22. The number of carbonyl (C=O) groups is 2. The van der Waals surface area contributed by atoms with Gasteiger partial charge in [0.15, 0.2) is 0 Å². The van der Waals surface area contributed by atoms with Gasteiger partial charge in [-0.05, 0) is 61.7 Å². The van der Waals surface area contributed by atoms with Gasteiger partial charge in [-0.25, -0.2) is 9.18 Å². The van der Waals surface area contributed by atoms with Crippen molar-refractivity contribution in [1.29, 1.82) is 0 Å². The van der Waals surface area contributed by atoms with Crippen LogP contribution in [-0.4, -0.2) is 11.9 Å². The number of urea groups is 1. The highest BCUT2D eigenvalue weighted by molar-refractivity contribution is 6.06. The molecular formula is C20H20FN3O2. The Morgan fingerprint density at radius 2 is 1.73 bits per heavy atom. The van der Waals surface area contributed by atoms with Gasteiger partial charge in [0.2, 0.25) is 0 Å². The summed E-state index contributed by atoms with van der Waals surface area (Å²) in [7, 11) is 0. The molecule has 3 N–H and O–H groups in total. The van der Waals surface area contributed by atoms with E-state index in [0.29, 0.717) is 22.5 Å². The fraction of sp³-hybridized carbons (Fsp3) is 0.200. The average molecular weight is 353 g/mol. The molecule has 6 heteroatoms. The number of carbonyl (C=O) groups excluding carboxylic acids is 2. The molecule has 1 heterocycles. The molecule has 1 aliphatic rings. The van der Waals surface area contributed by atoms with Crippen molar-refractivity contribution in [3.63, 3.8) is 0 Å². The number of amides is 3. The quantitative estimate of drug-likeness (QED) is 0.787. The number of anilines is 1. The van der Waals surface area contributed by atoms with Crippen molar-refractivity contribution in [2.75, 3.05) is 5.32 Å². The van der Waals surface area contributed by atoms with Gasteiger partial charge in [0, 0.05) is 11.4 Å². The summed E-state index contributed by atoms with van der Waals surface area (Å²) < 4.78 is 13.2. The van der Waals surface area contributed by atoms with E-state index in [2.05, 4.69) is 16.0 Å². The lowest BCUT2D eigenvalue weighted by atomic mass is 9.94. The molecule has 0 spiro atoms. The van der Waals surface area contributed by atoms with E-state index >= 15 is 0 Å². The highest BCUT2D eigenvalue weighted by Gasteiger charge is 2.31. The number of halogens is 1. The molecule has 1 atom stereocenters. The van der Waals surface area contributed by atoms with E-state index in [1.165, 1.54) is 12.1 Å². The molecule has 3 rings (SSSR count). The highest BCUT2D eigenvalue weighted by Crippen LogP contribution is 2.28. The number of nitrogens with one attached hydrogen (secondary N) is 3. The lowest BCUT2D eigenvalue weighted by Gasteiger charge is -2.28. The minimum Gasteiger partial charge on any atom is -0.327 e. The lowest BCUT2D eigenvalue weighted by Crippen LogP contribution is -2.45. The van der Waals surface area contributed by atoms with Crippen LogP contribution < -0.4 is 16.0 Å². The molecule has 0 radical (unpaired) electrons. The zero-order chi connectivity index (χ0) is 18.8. The van der Waals surface area contributed by atoms with Gasteiger partial charge in [-0.1, -0.05) is 18.2 Å². The van der Waals surface area contributed by atoms with Gasteiger partial charge in [-0.2, -0.15) is 0 Å². The number of rotatable bonds is 3. The molecule has 0 bridgehead atoms. The van der Waals surface area contributed by atoms with Crippen LogP contribution in [-0.2, 0) is 4.79 Å². The Balaban J connectivity index is 1.93. The van der Waals surface area contributed by atoms with Crippen LogP contribution in [0.4, 0.5) is 14.9 Å². The number of hydrogen-bond acceptors (Lipinski definition) is 2. The van der Waals surface area contributed by atoms with Crippen LogP contribution in [0.1, 0.15) is 29.7 Å². The van der Waals surface area contributed by atoms with Gasteiger partial charge < -0.3 is 16.0 Å². The maximum absolute atomic E-state index is 13.2. The van der Waals surface area contributed by atoms with Crippen LogP contribution in [0.3, 0.4) is 0 Å². The van der Waals surface area contributed by atoms with Crippen LogP contribution in [0.5, 0.6) is 0 Å². The standard InChI is InChI=1S/C20H20FN3O2/c1-11-4-9-16(10-12(11)2)23-19(25)17-13(3)22-20(26)24-18(17)14-5-7-15(21)8-6-14/h4-10,18H,1-3H3,(H,23,25)(H2,22,24,26)/t18-/m0/s1. The largest absolute Gasteiger partial charge is 0.327 e. The molecular weight excluding hydrogens is 333 g/mol. The second-order valence-corrected chi connectivity index (χ2v) is 6.37. The van der Waals surface area contributed by atoms with Crippen molar-refractivity contribution in [1.82, 2.24) is 10.6 Å². The fourth-order valence-electron chi connectivity index (χ4n) is 2.92. The van der Waals surface area contributed by atoms with Crippen molar-refractivity contribution in [2.24, 2.45) is 0 Å². The van der Waals surface area contributed by atoms with E-state index in [0.717, 1.165) is 11.1 Å². The predicted molar refractivity (Wildman–Crippen MR) is 98.1 cm³/mol. The molecule has 1 aliphatic heterocycles. The number of benzene rings is 2. The van der Waals surface area contributed by atoms with Gasteiger partial charge in [-0.3, -0.25) is 4.79 Å². The van der Waals surface area contributed by atoms with Crippen LogP contribution in [0.2, 0.25) is 0 Å². The maximum atomic E-state index is 13.2. The molecule has 0 saturated carbocycles. The number of aryl methyl sites for hydroxylation is 2. The summed E-state index contributed by atoms with van der Waals surface area (Å²) >= 11 is 0. The van der Waals surface area contributed by atoms with Crippen LogP contribution in [0.25, 0.3) is 0 Å². The van der Waals surface area contributed by atoms with Gasteiger partial charge in [0.25, 0.3) is 5.91 Å². The lowest BCUT2D eigenvalue weighted by molar-refractivity contribution is -0.113. The Labute approximate surface area is 151 Å². The second kappa shape index (κ2) is 7.00. The topological polar surface area (TPSA) is 70.2 Å². The van der Waals surface area contributed by atoms with Crippen molar-refractivity contribution in [3.05, 3.63) is 76.2 Å². The van der Waals surface area contributed by atoms with E-state index in [9.17, 15) is 14.0 Å². The van der Waals surface area contributed by atoms with Crippen molar-refractivity contribution in [3.8, 4) is 0 Å². The monoisotopic (exact) mass is 353 g/mol. The Hall–Kier alpha value is -3.15. The summed E-state index contributed by atoms with van der Waals surface area (Å²) in [6.45, 7) is 5.64. The fourth-order valence-corrected chi connectivity index (χ4v) is 2.92. The molecule has 0 aliphatic carbocycles. The maximum Gasteiger partial charge on any atom is 0.319 e. The number of allylic oxidation sites excluding steroid dienone is 1. The first-order valence-electron chi connectivity index (χ1n) is 8.27. The van der Waals surface area contributed by atoms with Crippen LogP contribution in [0, 0.1) is 19.7 Å². The van der Waals surface area contributed by atoms with E-state index in [4.69, 9.17) is 0 Å². The summed E-state index contributed by atoms with van der Waals surface area (Å²) in [5.74, 6) is -0.705. The van der Waals surface area contributed by atoms with Crippen molar-refractivity contribution >= 4 is 17.6 Å². The molecule has 26 heavy (non-hydrogen) atoms. The average Bonchev–Trinajstić information content (AvgIpc) is 2.58. The Bertz CT molecular complexity index is 904. The first-order chi connectivity index (χ1) is 12.3. The van der Waals surface area contributed by atoms with Gasteiger partial charge in [0.1, 0.15) is 5.82 Å². The summed E-state index contributed by atoms with van der Waals surface area (Å²) in [6.07, 6.45) is 0. The van der Waals surface area contributed by atoms with Crippen molar-refractivity contribution < 1.29 is 14.0 Å². The molecule has 134 valence electrons. The number of hydrogen-bond donors (Lipinski definition) is 3. The minimum absolute atomic E-state index is 0.326. The zero-order valence-corrected chi connectivity index (χ0v) is 14.8. The third-order valence-corrected chi connectivity index (χ3v) is 4.48. The van der Waals surface area contributed by atoms with Crippen molar-refractivity contribution in [2.45, 2.75) is 26.8 Å². The highest BCUT2D eigenvalue weighted by atomic mass is 19.1. The Morgan fingerprint density at radius 3 is 2.38 bits per heavy atom. The zero-order valence-electron chi connectivity index (χ0n) is 14.8. The molecule has 0 aromatic heterocycles. The first-order valence-corrected chi connectivity index (χ1v) is 8.27. The SMILES string of the molecule is CC1=C(C(=O)Nc2ccc(C)c(C)c2)[C@H](c2ccc(F)cc2)NC(=O)N1. The molecule has 0 unspecified atom stereocenters. The van der Waals surface area contributed by atoms with E-state index < -0.39 is 12.1 Å². The summed E-state index contributed by atoms with van der Waals surface area (Å²) in [5.41, 5.74) is 4.35. The summed E-state index contributed by atoms with van der Waals surface area (Å²) in [4.78, 5) is 24.8.